The summed E-state index contributed by atoms with van der Waals surface area (Å²) >= 11 is 1.41. The Bertz CT molecular complexity index is 544. The van der Waals surface area contributed by atoms with Crippen LogP contribution in [0.1, 0.15) is 11.1 Å². The first-order valence-electron chi connectivity index (χ1n) is 5.17. The van der Waals surface area contributed by atoms with Crippen LogP contribution in [0.5, 0.6) is 0 Å². The largest absolute Gasteiger partial charge is 0.384 e. The zero-order valence-corrected chi connectivity index (χ0v) is 11.6. The fourth-order valence-corrected chi connectivity index (χ4v) is 3.52. The van der Waals surface area contributed by atoms with Gasteiger partial charge in [0.2, 0.25) is 0 Å². The van der Waals surface area contributed by atoms with Crippen molar-refractivity contribution in [1.82, 2.24) is 0 Å². The molecule has 0 aliphatic carbocycles. The fourth-order valence-electron chi connectivity index (χ4n) is 1.29. The summed E-state index contributed by atoms with van der Waals surface area (Å²) in [6.07, 6.45) is 1.18. The Kier molecular flexibility index (Phi) is 5.15. The SMILES string of the molecule is CS(=O)(=O)CCSCc1cc(F)cc(C(=N)N)c1. The summed E-state index contributed by atoms with van der Waals surface area (Å²) in [5.41, 5.74) is 6.33. The van der Waals surface area contributed by atoms with Gasteiger partial charge < -0.3 is 5.73 Å². The highest BCUT2D eigenvalue weighted by Gasteiger charge is 2.05. The van der Waals surface area contributed by atoms with E-state index in [0.29, 0.717) is 22.6 Å². The van der Waals surface area contributed by atoms with E-state index in [0.717, 1.165) is 0 Å². The van der Waals surface area contributed by atoms with Crippen molar-refractivity contribution in [2.75, 3.05) is 17.8 Å². The number of benzene rings is 1. The molecule has 4 nitrogen and oxygen atoms in total. The molecule has 0 atom stereocenters. The minimum Gasteiger partial charge on any atom is -0.384 e. The third-order valence-corrected chi connectivity index (χ3v) is 4.37. The number of halogens is 1. The third kappa shape index (κ3) is 5.50. The summed E-state index contributed by atoms with van der Waals surface area (Å²) in [4.78, 5) is 0. The highest BCUT2D eigenvalue weighted by Crippen LogP contribution is 2.16. The number of rotatable bonds is 6. The van der Waals surface area contributed by atoms with Gasteiger partial charge in [0.05, 0.1) is 5.75 Å². The van der Waals surface area contributed by atoms with E-state index in [9.17, 15) is 12.8 Å². The second-order valence-corrected chi connectivity index (χ2v) is 7.31. The van der Waals surface area contributed by atoms with Crippen molar-refractivity contribution in [3.8, 4) is 0 Å². The molecule has 0 radical (unpaired) electrons. The fraction of sp³-hybridized carbons (Fsp3) is 0.364. The summed E-state index contributed by atoms with van der Waals surface area (Å²) in [5, 5.41) is 7.25. The molecule has 7 heteroatoms. The van der Waals surface area contributed by atoms with Crippen LogP contribution in [0.2, 0.25) is 0 Å². The molecule has 0 aromatic heterocycles. The summed E-state index contributed by atoms with van der Waals surface area (Å²) in [5.74, 6) is 0.434. The number of nitrogens with one attached hydrogen (secondary N) is 1. The van der Waals surface area contributed by atoms with Gasteiger partial charge in [-0.3, -0.25) is 5.41 Å². The molecule has 1 aromatic carbocycles. The monoisotopic (exact) mass is 290 g/mol. The van der Waals surface area contributed by atoms with Gasteiger partial charge in [0, 0.05) is 23.3 Å². The highest BCUT2D eigenvalue weighted by atomic mass is 32.2. The van der Waals surface area contributed by atoms with Crippen LogP contribution < -0.4 is 5.73 Å². The quantitative estimate of drug-likeness (QED) is 0.471. The van der Waals surface area contributed by atoms with Crippen molar-refractivity contribution in [3.05, 3.63) is 35.1 Å². The first-order valence-corrected chi connectivity index (χ1v) is 8.39. The minimum atomic E-state index is -2.96. The van der Waals surface area contributed by atoms with Crippen LogP contribution in [-0.2, 0) is 15.6 Å². The average Bonchev–Trinajstić information content (AvgIpc) is 2.22. The first kappa shape index (κ1) is 15.0. The molecule has 0 saturated carbocycles. The molecule has 18 heavy (non-hydrogen) atoms. The van der Waals surface area contributed by atoms with Crippen molar-refractivity contribution in [2.24, 2.45) is 5.73 Å². The predicted molar refractivity (Wildman–Crippen MR) is 73.3 cm³/mol. The Labute approximate surface area is 110 Å². The molecular formula is C11H15FN2O2S2. The van der Waals surface area contributed by atoms with Gasteiger partial charge >= 0.3 is 0 Å². The van der Waals surface area contributed by atoms with E-state index in [1.807, 2.05) is 0 Å². The lowest BCUT2D eigenvalue weighted by Crippen LogP contribution is -2.11. The molecule has 1 rings (SSSR count). The van der Waals surface area contributed by atoms with Gasteiger partial charge in [0.15, 0.2) is 0 Å². The second-order valence-electron chi connectivity index (χ2n) is 3.94. The number of thioether (sulfide) groups is 1. The lowest BCUT2D eigenvalue weighted by molar-refractivity contribution is 0.603. The Morgan fingerprint density at radius 3 is 2.67 bits per heavy atom. The number of sulfone groups is 1. The smallest absolute Gasteiger partial charge is 0.148 e. The Hall–Kier alpha value is -1.08. The average molecular weight is 290 g/mol. The van der Waals surface area contributed by atoms with Crippen LogP contribution in [0, 0.1) is 11.2 Å². The maximum Gasteiger partial charge on any atom is 0.148 e. The molecule has 100 valence electrons. The third-order valence-electron chi connectivity index (χ3n) is 2.14. The van der Waals surface area contributed by atoms with E-state index < -0.39 is 15.7 Å². The van der Waals surface area contributed by atoms with Gasteiger partial charge in [-0.2, -0.15) is 11.8 Å². The topological polar surface area (TPSA) is 84.0 Å². The normalized spacial score (nSPS) is 11.4. The second kappa shape index (κ2) is 6.19. The molecule has 0 aliphatic heterocycles. The number of hydrogen-bond acceptors (Lipinski definition) is 4. The van der Waals surface area contributed by atoms with Crippen LogP contribution >= 0.6 is 11.8 Å². The van der Waals surface area contributed by atoms with Crippen LogP contribution in [0.15, 0.2) is 18.2 Å². The molecule has 0 bridgehead atoms. The lowest BCUT2D eigenvalue weighted by atomic mass is 10.1. The lowest BCUT2D eigenvalue weighted by Gasteiger charge is -2.05. The Morgan fingerprint density at radius 1 is 1.44 bits per heavy atom. The summed E-state index contributed by atoms with van der Waals surface area (Å²) in [7, 11) is -2.96. The van der Waals surface area contributed by atoms with Gasteiger partial charge in [0.1, 0.15) is 21.5 Å². The first-order chi connectivity index (χ1) is 8.28. The van der Waals surface area contributed by atoms with Gasteiger partial charge in [-0.1, -0.05) is 0 Å². The number of nitrogens with two attached hydrogens (primary N) is 1. The minimum absolute atomic E-state index is 0.104. The maximum atomic E-state index is 13.2. The van der Waals surface area contributed by atoms with Gasteiger partial charge in [0.25, 0.3) is 0 Å². The van der Waals surface area contributed by atoms with Crippen molar-refractivity contribution in [3.63, 3.8) is 0 Å². The maximum absolute atomic E-state index is 13.2. The van der Waals surface area contributed by atoms with Crippen molar-refractivity contribution >= 4 is 27.4 Å². The van der Waals surface area contributed by atoms with E-state index in [1.54, 1.807) is 6.07 Å². The summed E-state index contributed by atoms with van der Waals surface area (Å²) in [6.45, 7) is 0. The number of hydrogen-bond donors (Lipinski definition) is 2. The van der Waals surface area contributed by atoms with Gasteiger partial charge in [-0.25, -0.2) is 12.8 Å². The summed E-state index contributed by atoms with van der Waals surface area (Å²) in [6, 6.07) is 4.20. The van der Waals surface area contributed by atoms with E-state index >= 15 is 0 Å². The van der Waals surface area contributed by atoms with E-state index in [2.05, 4.69) is 0 Å². The number of amidine groups is 1. The molecule has 3 N–H and O–H groups in total. The van der Waals surface area contributed by atoms with Crippen LogP contribution in [0.25, 0.3) is 0 Å². The zero-order valence-electron chi connectivity index (χ0n) is 9.94. The molecular weight excluding hydrogens is 275 g/mol. The van der Waals surface area contributed by atoms with Gasteiger partial charge in [-0.05, 0) is 23.8 Å². The molecule has 0 fully saturated rings. The Balaban J connectivity index is 2.60. The molecule has 0 heterocycles. The number of nitrogen functional groups attached to an aromatic ring is 1. The zero-order chi connectivity index (χ0) is 13.8. The van der Waals surface area contributed by atoms with E-state index in [4.69, 9.17) is 11.1 Å². The molecule has 1 aromatic rings. The van der Waals surface area contributed by atoms with E-state index in [-0.39, 0.29) is 11.6 Å². The molecule has 0 saturated heterocycles. The standard InChI is InChI=1S/C11H15FN2O2S2/c1-18(15,16)3-2-17-7-8-4-9(11(13)14)6-10(12)5-8/h4-6H,2-3,7H2,1H3,(H3,13,14). The summed E-state index contributed by atoms with van der Waals surface area (Å²) < 4.78 is 35.1. The van der Waals surface area contributed by atoms with Crippen LogP contribution in [-0.4, -0.2) is 32.0 Å². The van der Waals surface area contributed by atoms with E-state index in [1.165, 1.54) is 30.2 Å². The van der Waals surface area contributed by atoms with Crippen molar-refractivity contribution in [1.29, 1.82) is 5.41 Å². The van der Waals surface area contributed by atoms with Crippen molar-refractivity contribution in [2.45, 2.75) is 5.75 Å². The molecule has 0 spiro atoms. The van der Waals surface area contributed by atoms with Crippen LogP contribution in [0.4, 0.5) is 4.39 Å². The molecule has 0 amide bonds. The molecule has 0 unspecified atom stereocenters. The van der Waals surface area contributed by atoms with Gasteiger partial charge in [-0.15, -0.1) is 0 Å². The Morgan fingerprint density at radius 2 is 2.11 bits per heavy atom. The molecule has 0 aliphatic rings. The highest BCUT2D eigenvalue weighted by molar-refractivity contribution is 7.99. The van der Waals surface area contributed by atoms with Crippen molar-refractivity contribution < 1.29 is 12.8 Å². The van der Waals surface area contributed by atoms with Crippen LogP contribution in [0.3, 0.4) is 0 Å². The predicted octanol–water partition coefficient (Wildman–Crippen LogP) is 1.39.